The molecule has 0 unspecified atom stereocenters. The molecule has 1 N–H and O–H groups in total. The molecule has 0 spiro atoms. The van der Waals surface area contributed by atoms with Gasteiger partial charge in [0.1, 0.15) is 5.75 Å². The van der Waals surface area contributed by atoms with Crippen LogP contribution in [0, 0.1) is 0 Å². The summed E-state index contributed by atoms with van der Waals surface area (Å²) in [6, 6.07) is 24.9. The molecule has 0 saturated heterocycles. The summed E-state index contributed by atoms with van der Waals surface area (Å²) in [5.74, 6) is 0.435. The van der Waals surface area contributed by atoms with Crippen LogP contribution in [0.25, 0.3) is 0 Å². The summed E-state index contributed by atoms with van der Waals surface area (Å²) in [6.07, 6.45) is 1.62. The molecule has 0 saturated carbocycles. The lowest BCUT2D eigenvalue weighted by Gasteiger charge is -2.19. The third kappa shape index (κ3) is 4.73. The van der Waals surface area contributed by atoms with Gasteiger partial charge in [-0.25, -0.2) is 5.43 Å². The lowest BCUT2D eigenvalue weighted by Crippen LogP contribution is -2.17. The molecule has 5 heteroatoms. The molecular formula is C22H21N3O2. The lowest BCUT2D eigenvalue weighted by atomic mass is 10.2. The Morgan fingerprint density at radius 1 is 0.926 bits per heavy atom. The zero-order chi connectivity index (χ0) is 19.1. The van der Waals surface area contributed by atoms with E-state index in [0.29, 0.717) is 11.3 Å². The summed E-state index contributed by atoms with van der Waals surface area (Å²) in [4.78, 5) is 14.2. The first-order chi connectivity index (χ1) is 13.2. The van der Waals surface area contributed by atoms with E-state index in [1.54, 1.807) is 37.6 Å². The van der Waals surface area contributed by atoms with Gasteiger partial charge in [-0.1, -0.05) is 30.3 Å². The maximum absolute atomic E-state index is 12.1. The second-order valence-corrected chi connectivity index (χ2v) is 5.91. The van der Waals surface area contributed by atoms with E-state index in [4.69, 9.17) is 4.74 Å². The molecule has 0 atom stereocenters. The number of hydrogen-bond acceptors (Lipinski definition) is 4. The van der Waals surface area contributed by atoms with Gasteiger partial charge in [0.2, 0.25) is 0 Å². The first-order valence-electron chi connectivity index (χ1n) is 8.53. The molecular weight excluding hydrogens is 338 g/mol. The van der Waals surface area contributed by atoms with Gasteiger partial charge in [0.15, 0.2) is 0 Å². The monoisotopic (exact) mass is 359 g/mol. The fraction of sp³-hybridized carbons (Fsp3) is 0.0909. The summed E-state index contributed by atoms with van der Waals surface area (Å²) in [5, 5.41) is 4.02. The third-order valence-electron chi connectivity index (χ3n) is 4.16. The Bertz CT molecular complexity index is 905. The SMILES string of the molecule is COc1ccc(C(=O)NN=Cc2ccc(N(C)c3ccccc3)cc2)cc1. The molecule has 27 heavy (non-hydrogen) atoms. The molecule has 0 radical (unpaired) electrons. The largest absolute Gasteiger partial charge is 0.497 e. The number of hydrogen-bond donors (Lipinski definition) is 1. The van der Waals surface area contributed by atoms with Crippen molar-refractivity contribution in [1.82, 2.24) is 5.43 Å². The van der Waals surface area contributed by atoms with Gasteiger partial charge in [0.05, 0.1) is 13.3 Å². The van der Waals surface area contributed by atoms with E-state index >= 15 is 0 Å². The number of anilines is 2. The van der Waals surface area contributed by atoms with Crippen LogP contribution in [0.15, 0.2) is 84.0 Å². The average molecular weight is 359 g/mol. The van der Waals surface area contributed by atoms with E-state index in [2.05, 4.69) is 27.6 Å². The molecule has 1 amide bonds. The van der Waals surface area contributed by atoms with Crippen molar-refractivity contribution < 1.29 is 9.53 Å². The minimum absolute atomic E-state index is 0.269. The number of nitrogens with zero attached hydrogens (tertiary/aromatic N) is 2. The maximum atomic E-state index is 12.1. The molecule has 3 aromatic rings. The number of para-hydroxylation sites is 1. The number of carbonyl (C=O) groups excluding carboxylic acids is 1. The van der Waals surface area contributed by atoms with Crippen LogP contribution >= 0.6 is 0 Å². The van der Waals surface area contributed by atoms with Crippen LogP contribution in [-0.2, 0) is 0 Å². The number of carbonyl (C=O) groups is 1. The zero-order valence-electron chi connectivity index (χ0n) is 15.3. The van der Waals surface area contributed by atoms with E-state index in [1.807, 2.05) is 49.5 Å². The normalized spacial score (nSPS) is 10.6. The van der Waals surface area contributed by atoms with Gasteiger partial charge in [-0.2, -0.15) is 5.10 Å². The second kappa shape index (κ2) is 8.67. The molecule has 0 aliphatic rings. The highest BCUT2D eigenvalue weighted by Gasteiger charge is 2.04. The van der Waals surface area contributed by atoms with Crippen molar-refractivity contribution in [3.05, 3.63) is 90.0 Å². The van der Waals surface area contributed by atoms with Crippen LogP contribution in [0.1, 0.15) is 15.9 Å². The van der Waals surface area contributed by atoms with Crippen molar-refractivity contribution in [2.45, 2.75) is 0 Å². The zero-order valence-corrected chi connectivity index (χ0v) is 15.3. The van der Waals surface area contributed by atoms with Crippen LogP contribution in [0.2, 0.25) is 0 Å². The minimum atomic E-state index is -0.269. The topological polar surface area (TPSA) is 53.9 Å². The third-order valence-corrected chi connectivity index (χ3v) is 4.16. The number of benzene rings is 3. The van der Waals surface area contributed by atoms with Gasteiger partial charge in [-0.05, 0) is 54.1 Å². The second-order valence-electron chi connectivity index (χ2n) is 5.91. The first kappa shape index (κ1) is 18.2. The number of hydrazone groups is 1. The van der Waals surface area contributed by atoms with Crippen molar-refractivity contribution in [2.75, 3.05) is 19.1 Å². The number of nitrogens with one attached hydrogen (secondary N) is 1. The minimum Gasteiger partial charge on any atom is -0.497 e. The van der Waals surface area contributed by atoms with E-state index in [-0.39, 0.29) is 5.91 Å². The van der Waals surface area contributed by atoms with E-state index < -0.39 is 0 Å². The summed E-state index contributed by atoms with van der Waals surface area (Å²) in [5.41, 5.74) is 6.13. The molecule has 5 nitrogen and oxygen atoms in total. The predicted octanol–water partition coefficient (Wildman–Crippen LogP) is 4.23. The van der Waals surface area contributed by atoms with Gasteiger partial charge in [0.25, 0.3) is 5.91 Å². The smallest absolute Gasteiger partial charge is 0.271 e. The Balaban J connectivity index is 1.59. The van der Waals surface area contributed by atoms with Crippen molar-refractivity contribution >= 4 is 23.5 Å². The molecule has 0 fully saturated rings. The molecule has 3 rings (SSSR count). The number of rotatable bonds is 6. The van der Waals surface area contributed by atoms with Crippen molar-refractivity contribution in [3.63, 3.8) is 0 Å². The maximum Gasteiger partial charge on any atom is 0.271 e. The Morgan fingerprint density at radius 2 is 1.56 bits per heavy atom. The van der Waals surface area contributed by atoms with E-state index in [0.717, 1.165) is 16.9 Å². The van der Waals surface area contributed by atoms with Gasteiger partial charge in [-0.3, -0.25) is 4.79 Å². The Labute approximate surface area is 158 Å². The van der Waals surface area contributed by atoms with Gasteiger partial charge in [-0.15, -0.1) is 0 Å². The van der Waals surface area contributed by atoms with Crippen LogP contribution < -0.4 is 15.1 Å². The number of methoxy groups -OCH3 is 1. The fourth-order valence-corrected chi connectivity index (χ4v) is 2.56. The fourth-order valence-electron chi connectivity index (χ4n) is 2.56. The van der Waals surface area contributed by atoms with Crippen molar-refractivity contribution in [1.29, 1.82) is 0 Å². The average Bonchev–Trinajstić information content (AvgIpc) is 2.74. The van der Waals surface area contributed by atoms with Gasteiger partial charge >= 0.3 is 0 Å². The predicted molar refractivity (Wildman–Crippen MR) is 109 cm³/mol. The molecule has 136 valence electrons. The van der Waals surface area contributed by atoms with Crippen LogP contribution in [0.3, 0.4) is 0 Å². The van der Waals surface area contributed by atoms with Crippen LogP contribution in [0.5, 0.6) is 5.75 Å². The van der Waals surface area contributed by atoms with Crippen molar-refractivity contribution in [2.24, 2.45) is 5.10 Å². The highest BCUT2D eigenvalue weighted by Crippen LogP contribution is 2.22. The van der Waals surface area contributed by atoms with Crippen LogP contribution in [-0.4, -0.2) is 26.3 Å². The summed E-state index contributed by atoms with van der Waals surface area (Å²) in [7, 11) is 3.61. The number of ether oxygens (including phenoxy) is 1. The summed E-state index contributed by atoms with van der Waals surface area (Å²) >= 11 is 0. The molecule has 3 aromatic carbocycles. The molecule has 0 bridgehead atoms. The van der Waals surface area contributed by atoms with Crippen LogP contribution in [0.4, 0.5) is 11.4 Å². The number of amides is 1. The van der Waals surface area contributed by atoms with Gasteiger partial charge < -0.3 is 9.64 Å². The van der Waals surface area contributed by atoms with E-state index in [1.165, 1.54) is 0 Å². The van der Waals surface area contributed by atoms with Crippen molar-refractivity contribution in [3.8, 4) is 5.75 Å². The van der Waals surface area contributed by atoms with Gasteiger partial charge in [0, 0.05) is 24.0 Å². The standard InChI is InChI=1S/C22H21N3O2/c1-25(19-6-4-3-5-7-19)20-12-8-17(9-13-20)16-23-24-22(26)18-10-14-21(27-2)15-11-18/h3-16H,1-2H3,(H,24,26). The highest BCUT2D eigenvalue weighted by molar-refractivity contribution is 5.95. The first-order valence-corrected chi connectivity index (χ1v) is 8.53. The Morgan fingerprint density at radius 3 is 2.19 bits per heavy atom. The summed E-state index contributed by atoms with van der Waals surface area (Å²) in [6.45, 7) is 0. The summed E-state index contributed by atoms with van der Waals surface area (Å²) < 4.78 is 5.08. The Hall–Kier alpha value is -3.60. The Kier molecular flexibility index (Phi) is 5.84. The quantitative estimate of drug-likeness (QED) is 0.529. The highest BCUT2D eigenvalue weighted by atomic mass is 16.5. The molecule has 0 aliphatic carbocycles. The molecule has 0 heterocycles. The lowest BCUT2D eigenvalue weighted by molar-refractivity contribution is 0.0955. The van der Waals surface area contributed by atoms with E-state index in [9.17, 15) is 4.79 Å². The molecule has 0 aromatic heterocycles. The molecule has 0 aliphatic heterocycles.